The predicted molar refractivity (Wildman–Crippen MR) is 61.9 cm³/mol. The Morgan fingerprint density at radius 2 is 2.19 bits per heavy atom. The van der Waals surface area contributed by atoms with Crippen molar-refractivity contribution < 1.29 is 4.42 Å². The highest BCUT2D eigenvalue weighted by Gasteiger charge is 2.10. The summed E-state index contributed by atoms with van der Waals surface area (Å²) in [5, 5.41) is 3.21. The standard InChI is InChI=1S/C11H14N4O/c1-7-4-14-11(16-7)8(2)15-10-3-9(12)5-13-6-10/h3-6,8,15H,12H2,1-2H3. The molecule has 2 aromatic heterocycles. The lowest BCUT2D eigenvalue weighted by atomic mass is 10.3. The molecule has 16 heavy (non-hydrogen) atoms. The third-order valence-corrected chi connectivity index (χ3v) is 2.15. The minimum atomic E-state index is -0.0164. The second-order valence-electron chi connectivity index (χ2n) is 3.68. The summed E-state index contributed by atoms with van der Waals surface area (Å²) >= 11 is 0. The number of nitrogens with two attached hydrogens (primary N) is 1. The monoisotopic (exact) mass is 218 g/mol. The van der Waals surface area contributed by atoms with E-state index in [1.165, 1.54) is 0 Å². The number of anilines is 2. The molecule has 5 nitrogen and oxygen atoms in total. The van der Waals surface area contributed by atoms with Crippen molar-refractivity contribution in [2.45, 2.75) is 19.9 Å². The number of nitrogens with zero attached hydrogens (tertiary/aromatic N) is 2. The SMILES string of the molecule is Cc1cnc(C(C)Nc2cncc(N)c2)o1. The van der Waals surface area contributed by atoms with Crippen LogP contribution in [-0.4, -0.2) is 9.97 Å². The maximum atomic E-state index is 5.64. The summed E-state index contributed by atoms with van der Waals surface area (Å²) in [6.07, 6.45) is 5.01. The smallest absolute Gasteiger partial charge is 0.216 e. The van der Waals surface area contributed by atoms with Gasteiger partial charge in [-0.25, -0.2) is 4.98 Å². The van der Waals surface area contributed by atoms with Crippen LogP contribution in [-0.2, 0) is 0 Å². The molecule has 0 fully saturated rings. The number of pyridine rings is 1. The highest BCUT2D eigenvalue weighted by molar-refractivity contribution is 5.51. The molecule has 1 atom stereocenters. The van der Waals surface area contributed by atoms with Gasteiger partial charge in [-0.1, -0.05) is 0 Å². The summed E-state index contributed by atoms with van der Waals surface area (Å²) in [7, 11) is 0. The van der Waals surface area contributed by atoms with E-state index >= 15 is 0 Å². The fourth-order valence-corrected chi connectivity index (χ4v) is 1.42. The normalized spacial score (nSPS) is 12.4. The Labute approximate surface area is 93.7 Å². The Balaban J connectivity index is 2.10. The molecule has 0 saturated heterocycles. The van der Waals surface area contributed by atoms with Gasteiger partial charge in [0.25, 0.3) is 0 Å². The van der Waals surface area contributed by atoms with E-state index in [2.05, 4.69) is 15.3 Å². The van der Waals surface area contributed by atoms with Gasteiger partial charge in [-0.15, -0.1) is 0 Å². The third-order valence-electron chi connectivity index (χ3n) is 2.15. The maximum absolute atomic E-state index is 5.64. The molecule has 2 aromatic rings. The van der Waals surface area contributed by atoms with E-state index in [0.29, 0.717) is 11.6 Å². The molecule has 0 aliphatic heterocycles. The average molecular weight is 218 g/mol. The van der Waals surface area contributed by atoms with E-state index in [0.717, 1.165) is 11.4 Å². The zero-order valence-electron chi connectivity index (χ0n) is 9.27. The Hall–Kier alpha value is -2.04. The number of oxazole rings is 1. The fourth-order valence-electron chi connectivity index (χ4n) is 1.42. The molecule has 2 heterocycles. The van der Waals surface area contributed by atoms with Gasteiger partial charge >= 0.3 is 0 Å². The van der Waals surface area contributed by atoms with Gasteiger partial charge in [0.2, 0.25) is 5.89 Å². The summed E-state index contributed by atoms with van der Waals surface area (Å²) in [6.45, 7) is 3.83. The quantitative estimate of drug-likeness (QED) is 0.825. The second kappa shape index (κ2) is 4.22. The number of hydrogen-bond acceptors (Lipinski definition) is 5. The minimum Gasteiger partial charge on any atom is -0.444 e. The molecule has 0 saturated carbocycles. The number of rotatable bonds is 3. The number of nitrogen functional groups attached to an aromatic ring is 1. The fraction of sp³-hybridized carbons (Fsp3) is 0.273. The van der Waals surface area contributed by atoms with Crippen LogP contribution in [0.25, 0.3) is 0 Å². The molecular weight excluding hydrogens is 204 g/mol. The van der Waals surface area contributed by atoms with E-state index in [-0.39, 0.29) is 6.04 Å². The average Bonchev–Trinajstić information content (AvgIpc) is 2.65. The van der Waals surface area contributed by atoms with E-state index < -0.39 is 0 Å². The first-order valence-electron chi connectivity index (χ1n) is 5.04. The van der Waals surface area contributed by atoms with Crippen LogP contribution >= 0.6 is 0 Å². The van der Waals surface area contributed by atoms with Crippen molar-refractivity contribution in [1.29, 1.82) is 0 Å². The van der Waals surface area contributed by atoms with Gasteiger partial charge < -0.3 is 15.5 Å². The van der Waals surface area contributed by atoms with Gasteiger partial charge in [0.15, 0.2) is 0 Å². The van der Waals surface area contributed by atoms with Gasteiger partial charge in [-0.05, 0) is 19.9 Å². The van der Waals surface area contributed by atoms with Crippen LogP contribution in [0.1, 0.15) is 24.6 Å². The van der Waals surface area contributed by atoms with Crippen molar-refractivity contribution in [2.24, 2.45) is 0 Å². The lowest BCUT2D eigenvalue weighted by molar-refractivity contribution is 0.453. The maximum Gasteiger partial charge on any atom is 0.216 e. The van der Waals surface area contributed by atoms with Crippen LogP contribution in [0.15, 0.2) is 29.1 Å². The molecule has 0 aromatic carbocycles. The second-order valence-corrected chi connectivity index (χ2v) is 3.68. The predicted octanol–water partition coefficient (Wildman–Crippen LogP) is 2.13. The van der Waals surface area contributed by atoms with Crippen molar-refractivity contribution >= 4 is 11.4 Å². The molecule has 3 N–H and O–H groups in total. The lowest BCUT2D eigenvalue weighted by Gasteiger charge is -2.11. The molecule has 2 rings (SSSR count). The first kappa shape index (κ1) is 10.5. The van der Waals surface area contributed by atoms with Crippen molar-refractivity contribution in [1.82, 2.24) is 9.97 Å². The van der Waals surface area contributed by atoms with E-state index in [9.17, 15) is 0 Å². The van der Waals surface area contributed by atoms with Crippen molar-refractivity contribution in [3.8, 4) is 0 Å². The Morgan fingerprint density at radius 1 is 1.38 bits per heavy atom. The summed E-state index contributed by atoms with van der Waals surface area (Å²) in [5.41, 5.74) is 7.11. The largest absolute Gasteiger partial charge is 0.444 e. The molecule has 0 amide bonds. The van der Waals surface area contributed by atoms with Crippen LogP contribution < -0.4 is 11.1 Å². The summed E-state index contributed by atoms with van der Waals surface area (Å²) in [4.78, 5) is 8.15. The van der Waals surface area contributed by atoms with Gasteiger partial charge in [-0.2, -0.15) is 0 Å². The zero-order valence-corrected chi connectivity index (χ0v) is 9.27. The zero-order chi connectivity index (χ0) is 11.5. The molecule has 5 heteroatoms. The van der Waals surface area contributed by atoms with Crippen molar-refractivity contribution in [3.05, 3.63) is 36.3 Å². The molecule has 0 radical (unpaired) electrons. The van der Waals surface area contributed by atoms with Crippen LogP contribution in [0, 0.1) is 6.92 Å². The highest BCUT2D eigenvalue weighted by atomic mass is 16.4. The van der Waals surface area contributed by atoms with Crippen LogP contribution in [0.3, 0.4) is 0 Å². The summed E-state index contributed by atoms with van der Waals surface area (Å²) < 4.78 is 5.42. The molecule has 0 bridgehead atoms. The summed E-state index contributed by atoms with van der Waals surface area (Å²) in [5.74, 6) is 1.45. The van der Waals surface area contributed by atoms with Gasteiger partial charge in [0.1, 0.15) is 11.8 Å². The number of nitrogens with one attached hydrogen (secondary N) is 1. The number of aromatic nitrogens is 2. The van der Waals surface area contributed by atoms with Crippen LogP contribution in [0.5, 0.6) is 0 Å². The van der Waals surface area contributed by atoms with Crippen molar-refractivity contribution in [2.75, 3.05) is 11.1 Å². The summed E-state index contributed by atoms with van der Waals surface area (Å²) in [6, 6.07) is 1.80. The Kier molecular flexibility index (Phi) is 2.76. The first-order chi connectivity index (χ1) is 7.65. The first-order valence-corrected chi connectivity index (χ1v) is 5.04. The Morgan fingerprint density at radius 3 is 2.81 bits per heavy atom. The minimum absolute atomic E-state index is 0.0164. The highest BCUT2D eigenvalue weighted by Crippen LogP contribution is 2.19. The number of hydrogen-bond donors (Lipinski definition) is 2. The van der Waals surface area contributed by atoms with Gasteiger partial charge in [0, 0.05) is 6.20 Å². The topological polar surface area (TPSA) is 77.0 Å². The molecule has 1 unspecified atom stereocenters. The molecule has 0 aliphatic carbocycles. The number of aryl methyl sites for hydroxylation is 1. The molecule has 84 valence electrons. The van der Waals surface area contributed by atoms with E-state index in [4.69, 9.17) is 10.2 Å². The van der Waals surface area contributed by atoms with E-state index in [1.807, 2.05) is 19.9 Å². The lowest BCUT2D eigenvalue weighted by Crippen LogP contribution is -2.07. The third kappa shape index (κ3) is 2.31. The van der Waals surface area contributed by atoms with Crippen LogP contribution in [0.4, 0.5) is 11.4 Å². The molecule has 0 spiro atoms. The molecular formula is C11H14N4O. The molecule has 0 aliphatic rings. The van der Waals surface area contributed by atoms with Crippen LogP contribution in [0.2, 0.25) is 0 Å². The van der Waals surface area contributed by atoms with Gasteiger partial charge in [-0.3, -0.25) is 4.98 Å². The van der Waals surface area contributed by atoms with Crippen molar-refractivity contribution in [3.63, 3.8) is 0 Å². The van der Waals surface area contributed by atoms with Gasteiger partial charge in [0.05, 0.1) is 23.8 Å². The Bertz CT molecular complexity index is 480. The van der Waals surface area contributed by atoms with E-state index in [1.54, 1.807) is 18.6 Å².